The van der Waals surface area contributed by atoms with Crippen molar-refractivity contribution in [3.05, 3.63) is 0 Å². The number of rotatable bonds is 2. The van der Waals surface area contributed by atoms with Crippen LogP contribution in [0.3, 0.4) is 0 Å². The minimum absolute atomic E-state index is 0.0387. The molecule has 118 valence electrons. The molecule has 1 saturated carbocycles. The smallest absolute Gasteiger partial charge is 0.110 e. The molecule has 0 aromatic heterocycles. The summed E-state index contributed by atoms with van der Waals surface area (Å²) >= 11 is 3.85. The van der Waals surface area contributed by atoms with Crippen LogP contribution in [-0.2, 0) is 4.57 Å². The summed E-state index contributed by atoms with van der Waals surface area (Å²) in [6.07, 6.45) is 3.75. The number of halogens is 1. The largest absolute Gasteiger partial charge is 0.321 e. The van der Waals surface area contributed by atoms with Gasteiger partial charge in [-0.2, -0.15) is 0 Å². The van der Waals surface area contributed by atoms with Gasteiger partial charge < -0.3 is 4.57 Å². The van der Waals surface area contributed by atoms with Gasteiger partial charge in [0.1, 0.15) is 7.14 Å². The Morgan fingerprint density at radius 3 is 2.15 bits per heavy atom. The van der Waals surface area contributed by atoms with E-state index in [9.17, 15) is 4.57 Å². The summed E-state index contributed by atoms with van der Waals surface area (Å²) < 4.78 is 14.2. The average molecular weight is 363 g/mol. The van der Waals surface area contributed by atoms with Gasteiger partial charge in [0.15, 0.2) is 0 Å². The van der Waals surface area contributed by atoms with Crippen LogP contribution in [-0.4, -0.2) is 15.4 Å². The third-order valence-corrected chi connectivity index (χ3v) is 15.1. The summed E-state index contributed by atoms with van der Waals surface area (Å²) in [4.78, 5) is 0. The molecular weight excluding hydrogens is 331 g/mol. The molecule has 1 aliphatic carbocycles. The number of alkyl halides is 1. The molecule has 0 spiro atoms. The monoisotopic (exact) mass is 362 g/mol. The lowest BCUT2D eigenvalue weighted by atomic mass is 9.77. The van der Waals surface area contributed by atoms with Crippen molar-refractivity contribution >= 4 is 23.1 Å². The van der Waals surface area contributed by atoms with Gasteiger partial charge in [0, 0.05) is 10.8 Å². The zero-order chi connectivity index (χ0) is 15.5. The number of hydrogen-bond donors (Lipinski definition) is 0. The molecule has 1 aliphatic heterocycles. The second-order valence-corrected chi connectivity index (χ2v) is 14.1. The van der Waals surface area contributed by atoms with Crippen LogP contribution >= 0.6 is 23.1 Å². The average Bonchev–Trinajstić information content (AvgIpc) is 2.35. The fraction of sp³-hybridized carbons (Fsp3) is 1.00. The minimum atomic E-state index is -2.21. The lowest BCUT2D eigenvalue weighted by Gasteiger charge is -2.66. The molecule has 1 nitrogen and oxygen atoms in total. The third-order valence-electron chi connectivity index (χ3n) is 6.86. The van der Waals surface area contributed by atoms with Gasteiger partial charge in [0.2, 0.25) is 0 Å². The molecule has 0 radical (unpaired) electrons. The first-order valence-corrected chi connectivity index (χ1v) is 11.0. The molecule has 20 heavy (non-hydrogen) atoms. The van der Waals surface area contributed by atoms with Crippen LogP contribution in [0.2, 0.25) is 0 Å². The van der Waals surface area contributed by atoms with E-state index in [1.807, 2.05) is 0 Å². The summed E-state index contributed by atoms with van der Waals surface area (Å²) in [6.45, 7) is 16.0. The topological polar surface area (TPSA) is 17.1 Å². The summed E-state index contributed by atoms with van der Waals surface area (Å²) in [7, 11) is -2.21. The summed E-state index contributed by atoms with van der Waals surface area (Å²) in [6, 6.07) is 0. The molecule has 0 N–H and O–H groups in total. The molecule has 0 amide bonds. The van der Waals surface area contributed by atoms with Gasteiger partial charge in [0.05, 0.1) is 4.57 Å². The van der Waals surface area contributed by atoms with Crippen molar-refractivity contribution in [1.29, 1.82) is 0 Å². The van der Waals surface area contributed by atoms with Crippen LogP contribution in [0, 0.1) is 23.2 Å². The molecule has 3 heteroatoms. The van der Waals surface area contributed by atoms with Crippen molar-refractivity contribution < 1.29 is 4.57 Å². The highest BCUT2D eigenvalue weighted by atomic mass is 79.9. The van der Waals surface area contributed by atoms with Gasteiger partial charge in [0.25, 0.3) is 0 Å². The Balaban J connectivity index is 2.40. The van der Waals surface area contributed by atoms with E-state index in [1.54, 1.807) is 0 Å². The van der Waals surface area contributed by atoms with Crippen molar-refractivity contribution in [3.63, 3.8) is 0 Å². The summed E-state index contributed by atoms with van der Waals surface area (Å²) in [5.74, 6) is 2.03. The van der Waals surface area contributed by atoms with Crippen molar-refractivity contribution in [3.8, 4) is 0 Å². The Bertz CT molecular complexity index is 427. The van der Waals surface area contributed by atoms with Crippen LogP contribution in [0.15, 0.2) is 0 Å². The zero-order valence-corrected chi connectivity index (χ0v) is 16.7. The van der Waals surface area contributed by atoms with E-state index in [-0.39, 0.29) is 15.1 Å². The fourth-order valence-corrected chi connectivity index (χ4v) is 13.4. The van der Waals surface area contributed by atoms with Crippen molar-refractivity contribution in [2.24, 2.45) is 23.2 Å². The normalized spacial score (nSPS) is 47.0. The molecule has 1 unspecified atom stereocenters. The van der Waals surface area contributed by atoms with E-state index in [0.717, 1.165) is 5.92 Å². The molecule has 2 fully saturated rings. The van der Waals surface area contributed by atoms with E-state index in [0.29, 0.717) is 17.5 Å². The maximum absolute atomic E-state index is 14.0. The second kappa shape index (κ2) is 5.12. The van der Waals surface area contributed by atoms with Gasteiger partial charge >= 0.3 is 0 Å². The van der Waals surface area contributed by atoms with E-state index >= 15 is 0 Å². The number of hydrogen-bond acceptors (Lipinski definition) is 1. The predicted molar refractivity (Wildman–Crippen MR) is 93.3 cm³/mol. The van der Waals surface area contributed by atoms with Gasteiger partial charge in [-0.15, -0.1) is 0 Å². The highest BCUT2D eigenvalue weighted by Crippen LogP contribution is 2.86. The summed E-state index contributed by atoms with van der Waals surface area (Å²) in [5, 5.41) is -0.0387. The molecule has 0 aromatic rings. The molecule has 1 heterocycles. The van der Waals surface area contributed by atoms with Crippen molar-refractivity contribution in [2.75, 3.05) is 0 Å². The second-order valence-electron chi connectivity index (χ2n) is 8.72. The Morgan fingerprint density at radius 1 is 1.15 bits per heavy atom. The molecular formula is C17H32BrOP. The van der Waals surface area contributed by atoms with Crippen molar-refractivity contribution in [2.45, 2.75) is 83.1 Å². The fourth-order valence-electron chi connectivity index (χ4n) is 4.61. The quantitative estimate of drug-likeness (QED) is 0.413. The first kappa shape index (κ1) is 17.1. The van der Waals surface area contributed by atoms with Crippen LogP contribution in [0.4, 0.5) is 0 Å². The zero-order valence-electron chi connectivity index (χ0n) is 14.2. The summed E-state index contributed by atoms with van der Waals surface area (Å²) in [5.41, 5.74) is 0.559. The van der Waals surface area contributed by atoms with Crippen LogP contribution < -0.4 is 0 Å². The maximum atomic E-state index is 14.0. The van der Waals surface area contributed by atoms with Crippen molar-refractivity contribution in [1.82, 2.24) is 0 Å². The van der Waals surface area contributed by atoms with Gasteiger partial charge in [-0.1, -0.05) is 70.8 Å². The highest BCUT2D eigenvalue weighted by molar-refractivity contribution is 9.11. The highest BCUT2D eigenvalue weighted by Gasteiger charge is 2.72. The van der Waals surface area contributed by atoms with Gasteiger partial charge in [-0.25, -0.2) is 0 Å². The molecule has 0 aromatic carbocycles. The van der Waals surface area contributed by atoms with E-state index in [2.05, 4.69) is 64.4 Å². The SMILES string of the molecule is CC(C)[C@@H]1CC[C@@H](C)C[C@H]1P1(=O)[C@@H](Br)C(C)(C)C1(C)C. The molecule has 0 bridgehead atoms. The Kier molecular flexibility index (Phi) is 4.37. The standard InChI is InChI=1S/C17H32BrOP/c1-11(2)13-9-8-12(3)10-14(13)20(19)15(18)16(4,5)17(20,6)7/h11-15H,8-10H2,1-7H3/t12-,13+,14-,15-,20?/m1/s1. The van der Waals surface area contributed by atoms with E-state index in [4.69, 9.17) is 0 Å². The Morgan fingerprint density at radius 2 is 1.70 bits per heavy atom. The molecule has 2 aliphatic rings. The lowest BCUT2D eigenvalue weighted by molar-refractivity contribution is 0.194. The first-order valence-electron chi connectivity index (χ1n) is 8.21. The minimum Gasteiger partial charge on any atom is -0.321 e. The third kappa shape index (κ3) is 2.03. The Hall–Kier alpha value is 0.710. The lowest BCUT2D eigenvalue weighted by Crippen LogP contribution is -2.60. The van der Waals surface area contributed by atoms with Crippen LogP contribution in [0.25, 0.3) is 0 Å². The van der Waals surface area contributed by atoms with E-state index in [1.165, 1.54) is 19.3 Å². The van der Waals surface area contributed by atoms with Gasteiger partial charge in [-0.3, -0.25) is 0 Å². The first-order chi connectivity index (χ1) is 8.98. The predicted octanol–water partition coefficient (Wildman–Crippen LogP) is 6.35. The molecule has 1 saturated heterocycles. The van der Waals surface area contributed by atoms with Crippen LogP contribution in [0.5, 0.6) is 0 Å². The van der Waals surface area contributed by atoms with Crippen LogP contribution in [0.1, 0.15) is 67.7 Å². The van der Waals surface area contributed by atoms with Gasteiger partial charge in [-0.05, 0) is 36.0 Å². The maximum Gasteiger partial charge on any atom is 0.110 e. The van der Waals surface area contributed by atoms with E-state index < -0.39 is 7.14 Å². The molecule has 2 rings (SSSR count). The molecule has 5 atom stereocenters. The Labute approximate surface area is 134 Å².